The van der Waals surface area contributed by atoms with Crippen molar-refractivity contribution in [3.63, 3.8) is 0 Å². The maximum absolute atomic E-state index is 14.0. The second kappa shape index (κ2) is 11.2. The molecule has 1 aliphatic heterocycles. The van der Waals surface area contributed by atoms with E-state index in [1.807, 2.05) is 54.6 Å². The fourth-order valence-electron chi connectivity index (χ4n) is 5.09. The average molecular weight is 516 g/mol. The molecule has 6 nitrogen and oxygen atoms in total. The topological polar surface area (TPSA) is 71.0 Å². The molecule has 2 aliphatic rings. The number of halogens is 1. The van der Waals surface area contributed by atoms with E-state index in [0.29, 0.717) is 27.7 Å². The zero-order chi connectivity index (χ0) is 25.8. The molecule has 2 amide bonds. The Kier molecular flexibility index (Phi) is 7.56. The Morgan fingerprint density at radius 3 is 2.41 bits per heavy atom. The van der Waals surface area contributed by atoms with Gasteiger partial charge in [-0.2, -0.15) is 0 Å². The molecule has 3 aromatic rings. The Hall–Kier alpha value is -3.64. The SMILES string of the molecule is COc1ccc(C2=Nc3ccccc3C(=O)N(Cc3ccc(Cl)cc3)C2C(=O)NC2CCCCC2)cc1. The Balaban J connectivity index is 1.62. The number of ether oxygens (including phenoxy) is 1. The smallest absolute Gasteiger partial charge is 0.257 e. The first-order chi connectivity index (χ1) is 18.0. The standard InChI is InChI=1S/C30H30ClN3O3/c1-37-24-17-13-21(14-18-24)27-28(29(35)32-23-7-3-2-4-8-23)34(19-20-11-15-22(31)16-12-20)30(36)25-9-5-6-10-26(25)33-27/h5-6,9-18,23,28H,2-4,7-8,19H2,1H3,(H,32,35). The normalized spacial score (nSPS) is 18.0. The van der Waals surface area contributed by atoms with Crippen LogP contribution in [0.25, 0.3) is 0 Å². The second-order valence-electron chi connectivity index (χ2n) is 9.55. The van der Waals surface area contributed by atoms with Crippen LogP contribution >= 0.6 is 11.6 Å². The molecule has 1 heterocycles. The van der Waals surface area contributed by atoms with Crippen molar-refractivity contribution in [3.8, 4) is 5.75 Å². The third kappa shape index (κ3) is 5.54. The lowest BCUT2D eigenvalue weighted by Gasteiger charge is -2.33. The van der Waals surface area contributed by atoms with Crippen LogP contribution in [0, 0.1) is 0 Å². The molecular weight excluding hydrogens is 486 g/mol. The first kappa shape index (κ1) is 25.0. The molecule has 1 saturated carbocycles. The van der Waals surface area contributed by atoms with E-state index in [0.717, 1.165) is 36.8 Å². The highest BCUT2D eigenvalue weighted by atomic mass is 35.5. The van der Waals surface area contributed by atoms with E-state index in [2.05, 4.69) is 5.32 Å². The number of carbonyl (C=O) groups excluding carboxylic acids is 2. The Labute approximate surface area is 222 Å². The summed E-state index contributed by atoms with van der Waals surface area (Å²) in [6.45, 7) is 0.238. The van der Waals surface area contributed by atoms with Gasteiger partial charge in [0, 0.05) is 17.6 Å². The van der Waals surface area contributed by atoms with Gasteiger partial charge < -0.3 is 15.0 Å². The molecule has 1 aliphatic carbocycles. The van der Waals surface area contributed by atoms with E-state index in [1.54, 1.807) is 30.2 Å². The third-order valence-corrected chi connectivity index (χ3v) is 7.31. The van der Waals surface area contributed by atoms with Gasteiger partial charge in [0.2, 0.25) is 5.91 Å². The molecule has 1 fully saturated rings. The lowest BCUT2D eigenvalue weighted by atomic mass is 9.94. The minimum absolute atomic E-state index is 0.0940. The monoisotopic (exact) mass is 515 g/mol. The van der Waals surface area contributed by atoms with Crippen LogP contribution in [-0.2, 0) is 11.3 Å². The van der Waals surface area contributed by atoms with Gasteiger partial charge in [-0.25, -0.2) is 4.99 Å². The van der Waals surface area contributed by atoms with Crippen molar-refractivity contribution in [2.75, 3.05) is 7.11 Å². The zero-order valence-electron chi connectivity index (χ0n) is 20.8. The quantitative estimate of drug-likeness (QED) is 0.441. The van der Waals surface area contributed by atoms with Gasteiger partial charge in [-0.05, 0) is 72.5 Å². The second-order valence-corrected chi connectivity index (χ2v) is 9.98. The van der Waals surface area contributed by atoms with Crippen LogP contribution < -0.4 is 10.1 Å². The lowest BCUT2D eigenvalue weighted by molar-refractivity contribution is -0.124. The van der Waals surface area contributed by atoms with E-state index in [1.165, 1.54) is 6.42 Å². The van der Waals surface area contributed by atoms with Gasteiger partial charge >= 0.3 is 0 Å². The summed E-state index contributed by atoms with van der Waals surface area (Å²) >= 11 is 6.12. The van der Waals surface area contributed by atoms with Crippen molar-refractivity contribution >= 4 is 34.8 Å². The predicted octanol–water partition coefficient (Wildman–Crippen LogP) is 5.94. The largest absolute Gasteiger partial charge is 0.497 e. The summed E-state index contributed by atoms with van der Waals surface area (Å²) in [5, 5.41) is 3.87. The number of amides is 2. The van der Waals surface area contributed by atoms with Crippen molar-refractivity contribution in [2.24, 2.45) is 4.99 Å². The number of hydrogen-bond acceptors (Lipinski definition) is 4. The van der Waals surface area contributed by atoms with Crippen molar-refractivity contribution in [1.29, 1.82) is 0 Å². The summed E-state index contributed by atoms with van der Waals surface area (Å²) < 4.78 is 5.34. The number of nitrogens with one attached hydrogen (secondary N) is 1. The molecule has 0 radical (unpaired) electrons. The number of benzene rings is 3. The van der Waals surface area contributed by atoms with Crippen LogP contribution in [-0.4, -0.2) is 41.6 Å². The Morgan fingerprint density at radius 1 is 1.00 bits per heavy atom. The van der Waals surface area contributed by atoms with Crippen LogP contribution in [0.3, 0.4) is 0 Å². The molecule has 1 unspecified atom stereocenters. The molecule has 0 saturated heterocycles. The van der Waals surface area contributed by atoms with Crippen molar-refractivity contribution in [3.05, 3.63) is 94.5 Å². The minimum atomic E-state index is -0.911. The molecule has 1 atom stereocenters. The first-order valence-electron chi connectivity index (χ1n) is 12.7. The van der Waals surface area contributed by atoms with Crippen LogP contribution in [0.15, 0.2) is 77.8 Å². The van der Waals surface area contributed by atoms with Crippen LogP contribution in [0.1, 0.15) is 53.6 Å². The minimum Gasteiger partial charge on any atom is -0.497 e. The third-order valence-electron chi connectivity index (χ3n) is 7.06. The van der Waals surface area contributed by atoms with Gasteiger partial charge in [-0.15, -0.1) is 0 Å². The Bertz CT molecular complexity index is 1300. The first-order valence-corrected chi connectivity index (χ1v) is 13.1. The zero-order valence-corrected chi connectivity index (χ0v) is 21.6. The molecule has 190 valence electrons. The number of para-hydroxylation sites is 1. The van der Waals surface area contributed by atoms with Crippen molar-refractivity contribution in [1.82, 2.24) is 10.2 Å². The molecule has 0 bridgehead atoms. The lowest BCUT2D eigenvalue weighted by Crippen LogP contribution is -2.55. The summed E-state index contributed by atoms with van der Waals surface area (Å²) in [5.41, 5.74) is 3.18. The van der Waals surface area contributed by atoms with Gasteiger partial charge in [0.15, 0.2) is 6.04 Å². The maximum Gasteiger partial charge on any atom is 0.257 e. The summed E-state index contributed by atoms with van der Waals surface area (Å²) in [6.07, 6.45) is 5.25. The number of fused-ring (bicyclic) bond motifs is 1. The maximum atomic E-state index is 14.0. The van der Waals surface area contributed by atoms with Gasteiger partial charge in [-0.1, -0.05) is 55.1 Å². The highest BCUT2D eigenvalue weighted by Gasteiger charge is 2.39. The Morgan fingerprint density at radius 2 is 1.70 bits per heavy atom. The number of methoxy groups -OCH3 is 1. The molecule has 0 spiro atoms. The molecule has 1 N–H and O–H groups in total. The fraction of sp³-hybridized carbons (Fsp3) is 0.300. The number of hydrogen-bond donors (Lipinski definition) is 1. The highest BCUT2D eigenvalue weighted by Crippen LogP contribution is 2.30. The molecular formula is C30H30ClN3O3. The summed E-state index contributed by atoms with van der Waals surface area (Å²) in [7, 11) is 1.61. The molecule has 5 rings (SSSR count). The number of rotatable bonds is 6. The summed E-state index contributed by atoms with van der Waals surface area (Å²) in [6, 6.07) is 21.3. The van der Waals surface area contributed by atoms with E-state index >= 15 is 0 Å². The van der Waals surface area contributed by atoms with Crippen LogP contribution in [0.4, 0.5) is 5.69 Å². The number of nitrogens with zero attached hydrogens (tertiary/aromatic N) is 2. The fourth-order valence-corrected chi connectivity index (χ4v) is 5.22. The number of aliphatic imine (C=N–C) groups is 1. The molecule has 7 heteroatoms. The van der Waals surface area contributed by atoms with E-state index in [4.69, 9.17) is 21.3 Å². The van der Waals surface area contributed by atoms with E-state index < -0.39 is 6.04 Å². The predicted molar refractivity (Wildman–Crippen MR) is 146 cm³/mol. The number of carbonyl (C=O) groups is 2. The van der Waals surface area contributed by atoms with E-state index in [-0.39, 0.29) is 24.4 Å². The van der Waals surface area contributed by atoms with E-state index in [9.17, 15) is 9.59 Å². The summed E-state index contributed by atoms with van der Waals surface area (Å²) in [4.78, 5) is 34.6. The van der Waals surface area contributed by atoms with Gasteiger partial charge in [0.05, 0.1) is 24.1 Å². The summed E-state index contributed by atoms with van der Waals surface area (Å²) in [5.74, 6) is 0.258. The van der Waals surface area contributed by atoms with Gasteiger partial charge in [0.25, 0.3) is 5.91 Å². The van der Waals surface area contributed by atoms with Crippen molar-refractivity contribution < 1.29 is 14.3 Å². The average Bonchev–Trinajstić information content (AvgIpc) is 3.05. The van der Waals surface area contributed by atoms with Crippen molar-refractivity contribution in [2.45, 2.75) is 50.7 Å². The molecule has 0 aromatic heterocycles. The van der Waals surface area contributed by atoms with Gasteiger partial charge in [0.1, 0.15) is 5.75 Å². The van der Waals surface area contributed by atoms with Gasteiger partial charge in [-0.3, -0.25) is 9.59 Å². The van der Waals surface area contributed by atoms with Crippen LogP contribution in [0.2, 0.25) is 5.02 Å². The van der Waals surface area contributed by atoms with Crippen LogP contribution in [0.5, 0.6) is 5.75 Å². The molecule has 37 heavy (non-hydrogen) atoms. The highest BCUT2D eigenvalue weighted by molar-refractivity contribution is 6.30. The molecule has 3 aromatic carbocycles.